The molecule has 132 valence electrons. The molecule has 0 fully saturated rings. The van der Waals surface area contributed by atoms with Gasteiger partial charge in [0.15, 0.2) is 4.80 Å². The van der Waals surface area contributed by atoms with Crippen LogP contribution in [0.15, 0.2) is 60.1 Å². The number of allylic oxidation sites excluding steroid dienone is 1. The fraction of sp³-hybridized carbons (Fsp3) is 0.111. The lowest BCUT2D eigenvalue weighted by atomic mass is 10.2. The first kappa shape index (κ1) is 17.6. The molecule has 8 heteroatoms. The van der Waals surface area contributed by atoms with Crippen molar-refractivity contribution in [2.45, 2.75) is 6.54 Å². The predicted octanol–water partition coefficient (Wildman–Crippen LogP) is 3.55. The van der Waals surface area contributed by atoms with Crippen molar-refractivity contribution in [2.24, 2.45) is 4.99 Å². The van der Waals surface area contributed by atoms with Gasteiger partial charge in [-0.1, -0.05) is 29.5 Å². The third-order valence-electron chi connectivity index (χ3n) is 3.70. The second kappa shape index (κ2) is 7.32. The molecule has 0 aliphatic heterocycles. The normalized spacial score (nSPS) is 11.5. The number of nitro benzene ring substituents is 1. The number of thiazole rings is 1. The van der Waals surface area contributed by atoms with Gasteiger partial charge in [0, 0.05) is 24.2 Å². The van der Waals surface area contributed by atoms with E-state index in [4.69, 9.17) is 4.74 Å². The molecule has 0 aliphatic rings. The van der Waals surface area contributed by atoms with Crippen molar-refractivity contribution in [2.75, 3.05) is 7.11 Å². The van der Waals surface area contributed by atoms with E-state index in [1.807, 2.05) is 22.8 Å². The molecule has 7 nitrogen and oxygen atoms in total. The van der Waals surface area contributed by atoms with Crippen molar-refractivity contribution >= 4 is 33.1 Å². The zero-order valence-electron chi connectivity index (χ0n) is 13.9. The first-order valence-electron chi connectivity index (χ1n) is 7.66. The van der Waals surface area contributed by atoms with Gasteiger partial charge in [0.1, 0.15) is 11.3 Å². The van der Waals surface area contributed by atoms with Crippen LogP contribution in [0.5, 0.6) is 5.75 Å². The monoisotopic (exact) mass is 369 g/mol. The molecule has 0 saturated carbocycles. The molecule has 0 bridgehead atoms. The van der Waals surface area contributed by atoms with Crippen LogP contribution in [0.2, 0.25) is 0 Å². The van der Waals surface area contributed by atoms with Gasteiger partial charge in [-0.15, -0.1) is 6.58 Å². The highest BCUT2D eigenvalue weighted by Crippen LogP contribution is 2.27. The summed E-state index contributed by atoms with van der Waals surface area (Å²) in [6.07, 6.45) is 1.70. The molecule has 0 saturated heterocycles. The molecule has 1 heterocycles. The molecule has 0 N–H and O–H groups in total. The highest BCUT2D eigenvalue weighted by molar-refractivity contribution is 7.16. The molecule has 0 aliphatic carbocycles. The van der Waals surface area contributed by atoms with Gasteiger partial charge in [-0.2, -0.15) is 4.99 Å². The molecule has 0 atom stereocenters. The Morgan fingerprint density at radius 2 is 2.15 bits per heavy atom. The quantitative estimate of drug-likeness (QED) is 0.391. The molecule has 0 unspecified atom stereocenters. The van der Waals surface area contributed by atoms with Crippen LogP contribution in [-0.4, -0.2) is 22.5 Å². The Kier molecular flexibility index (Phi) is 4.94. The lowest BCUT2D eigenvalue weighted by Gasteiger charge is -2.06. The van der Waals surface area contributed by atoms with Crippen molar-refractivity contribution in [3.8, 4) is 5.75 Å². The molecular formula is C18H15N3O4S. The van der Waals surface area contributed by atoms with E-state index < -0.39 is 10.8 Å². The van der Waals surface area contributed by atoms with Gasteiger partial charge in [0.05, 0.1) is 16.7 Å². The zero-order valence-corrected chi connectivity index (χ0v) is 14.7. The maximum Gasteiger partial charge on any atom is 0.279 e. The van der Waals surface area contributed by atoms with E-state index >= 15 is 0 Å². The summed E-state index contributed by atoms with van der Waals surface area (Å²) >= 11 is 1.34. The van der Waals surface area contributed by atoms with E-state index in [1.165, 1.54) is 35.6 Å². The van der Waals surface area contributed by atoms with Gasteiger partial charge >= 0.3 is 0 Å². The minimum Gasteiger partial charge on any atom is -0.495 e. The number of carbonyl (C=O) groups excluding carboxylic acids is 1. The number of benzene rings is 2. The van der Waals surface area contributed by atoms with Gasteiger partial charge < -0.3 is 9.30 Å². The maximum absolute atomic E-state index is 12.5. The Balaban J connectivity index is 2.16. The highest BCUT2D eigenvalue weighted by atomic mass is 32.1. The molecule has 2 aromatic carbocycles. The third-order valence-corrected chi connectivity index (χ3v) is 4.74. The largest absolute Gasteiger partial charge is 0.495 e. The molecule has 3 aromatic rings. The average molecular weight is 369 g/mol. The van der Waals surface area contributed by atoms with Crippen molar-refractivity contribution in [3.05, 3.63) is 75.6 Å². The molecular weight excluding hydrogens is 354 g/mol. The van der Waals surface area contributed by atoms with Crippen LogP contribution < -0.4 is 9.54 Å². The number of nitro groups is 1. The smallest absolute Gasteiger partial charge is 0.279 e. The second-order valence-electron chi connectivity index (χ2n) is 5.32. The molecule has 26 heavy (non-hydrogen) atoms. The Labute approximate surface area is 152 Å². The van der Waals surface area contributed by atoms with E-state index in [2.05, 4.69) is 11.6 Å². The summed E-state index contributed by atoms with van der Waals surface area (Å²) in [5.74, 6) is 0.127. The van der Waals surface area contributed by atoms with Crippen LogP contribution in [-0.2, 0) is 6.54 Å². The van der Waals surface area contributed by atoms with E-state index in [-0.39, 0.29) is 11.3 Å². The Morgan fingerprint density at radius 1 is 1.38 bits per heavy atom. The van der Waals surface area contributed by atoms with E-state index in [1.54, 1.807) is 13.2 Å². The van der Waals surface area contributed by atoms with Gasteiger partial charge in [0.25, 0.3) is 11.6 Å². The molecule has 1 amide bonds. The van der Waals surface area contributed by atoms with Crippen LogP contribution in [0.3, 0.4) is 0 Å². The first-order chi connectivity index (χ1) is 12.5. The highest BCUT2D eigenvalue weighted by Gasteiger charge is 2.14. The zero-order chi connectivity index (χ0) is 18.7. The Bertz CT molecular complexity index is 1080. The SMILES string of the molecule is C=CCn1c(=NC(=O)c2cccc([N+](=O)[O-])c2)sc2cccc(OC)c21. The van der Waals surface area contributed by atoms with Crippen LogP contribution in [0.25, 0.3) is 10.2 Å². The van der Waals surface area contributed by atoms with Gasteiger partial charge in [-0.3, -0.25) is 14.9 Å². The van der Waals surface area contributed by atoms with E-state index in [0.717, 1.165) is 10.2 Å². The molecule has 3 rings (SSSR count). The lowest BCUT2D eigenvalue weighted by molar-refractivity contribution is -0.384. The summed E-state index contributed by atoms with van der Waals surface area (Å²) in [5, 5.41) is 10.9. The fourth-order valence-electron chi connectivity index (χ4n) is 2.55. The summed E-state index contributed by atoms with van der Waals surface area (Å²) in [4.78, 5) is 27.5. The van der Waals surface area contributed by atoms with Crippen molar-refractivity contribution < 1.29 is 14.5 Å². The first-order valence-corrected chi connectivity index (χ1v) is 8.47. The number of ether oxygens (including phenoxy) is 1. The Hall–Kier alpha value is -3.26. The minimum atomic E-state index is -0.544. The standard InChI is InChI=1S/C18H15N3O4S/c1-3-10-20-16-14(25-2)8-5-9-15(16)26-18(20)19-17(22)12-6-4-7-13(11-12)21(23)24/h3-9,11H,1,10H2,2H3. The number of non-ortho nitro benzene ring substituents is 1. The topological polar surface area (TPSA) is 86.7 Å². The number of aromatic nitrogens is 1. The number of methoxy groups -OCH3 is 1. The summed E-state index contributed by atoms with van der Waals surface area (Å²) in [5.41, 5.74) is 0.835. The van der Waals surface area contributed by atoms with Crippen LogP contribution in [0, 0.1) is 10.1 Å². The van der Waals surface area contributed by atoms with Crippen molar-refractivity contribution in [3.63, 3.8) is 0 Å². The minimum absolute atomic E-state index is 0.150. The van der Waals surface area contributed by atoms with Gasteiger partial charge in [-0.05, 0) is 18.2 Å². The van der Waals surface area contributed by atoms with E-state index in [0.29, 0.717) is 17.1 Å². The number of hydrogen-bond acceptors (Lipinski definition) is 5. The second-order valence-corrected chi connectivity index (χ2v) is 6.32. The molecule has 0 radical (unpaired) electrons. The third kappa shape index (κ3) is 3.27. The predicted molar refractivity (Wildman–Crippen MR) is 99.6 cm³/mol. The number of carbonyl (C=O) groups is 1. The summed E-state index contributed by atoms with van der Waals surface area (Å²) in [7, 11) is 1.58. The van der Waals surface area contributed by atoms with Gasteiger partial charge in [-0.25, -0.2) is 0 Å². The Morgan fingerprint density at radius 3 is 2.85 bits per heavy atom. The van der Waals surface area contributed by atoms with Gasteiger partial charge in [0.2, 0.25) is 0 Å². The summed E-state index contributed by atoms with van der Waals surface area (Å²) < 4.78 is 8.16. The lowest BCUT2D eigenvalue weighted by Crippen LogP contribution is -2.16. The fourth-order valence-corrected chi connectivity index (χ4v) is 3.61. The molecule has 1 aromatic heterocycles. The number of amides is 1. The molecule has 0 spiro atoms. The number of rotatable bonds is 5. The van der Waals surface area contributed by atoms with Crippen LogP contribution in [0.1, 0.15) is 10.4 Å². The number of hydrogen-bond donors (Lipinski definition) is 0. The number of nitrogens with zero attached hydrogens (tertiary/aromatic N) is 3. The van der Waals surface area contributed by atoms with Crippen LogP contribution in [0.4, 0.5) is 5.69 Å². The number of fused-ring (bicyclic) bond motifs is 1. The number of para-hydroxylation sites is 1. The average Bonchev–Trinajstić information content (AvgIpc) is 2.99. The van der Waals surface area contributed by atoms with Crippen molar-refractivity contribution in [1.29, 1.82) is 0 Å². The van der Waals surface area contributed by atoms with E-state index in [9.17, 15) is 14.9 Å². The van der Waals surface area contributed by atoms with Crippen LogP contribution >= 0.6 is 11.3 Å². The maximum atomic E-state index is 12.5. The summed E-state index contributed by atoms with van der Waals surface area (Å²) in [6, 6.07) is 11.1. The summed E-state index contributed by atoms with van der Waals surface area (Å²) in [6.45, 7) is 4.19. The van der Waals surface area contributed by atoms with Crippen molar-refractivity contribution in [1.82, 2.24) is 4.57 Å².